The summed E-state index contributed by atoms with van der Waals surface area (Å²) in [4.78, 5) is 11.9. The van der Waals surface area contributed by atoms with Crippen LogP contribution in [0.25, 0.3) is 5.69 Å². The van der Waals surface area contributed by atoms with E-state index >= 15 is 0 Å². The van der Waals surface area contributed by atoms with Gasteiger partial charge in [-0.2, -0.15) is 5.10 Å². The average Bonchev–Trinajstić information content (AvgIpc) is 2.93. The molecule has 2 rings (SSSR count). The smallest absolute Gasteiger partial charge is 0.271 e. The van der Waals surface area contributed by atoms with Crippen LogP contribution in [0.3, 0.4) is 0 Å². The number of hydrogen-bond donors (Lipinski definition) is 1. The highest BCUT2D eigenvalue weighted by Crippen LogP contribution is 2.12. The molecule has 0 saturated heterocycles. The van der Waals surface area contributed by atoms with Gasteiger partial charge in [-0.25, -0.2) is 9.07 Å². The molecule has 0 saturated carbocycles. The van der Waals surface area contributed by atoms with E-state index in [0.717, 1.165) is 12.8 Å². The molecule has 112 valence electrons. The Labute approximate surface area is 124 Å². The molecule has 0 aliphatic heterocycles. The predicted molar refractivity (Wildman–Crippen MR) is 79.9 cm³/mol. The van der Waals surface area contributed by atoms with E-state index in [4.69, 9.17) is 0 Å². The summed E-state index contributed by atoms with van der Waals surface area (Å²) in [5, 5.41) is 6.94. The van der Waals surface area contributed by atoms with Crippen LogP contribution in [0.2, 0.25) is 0 Å². The molecule has 5 heteroatoms. The topological polar surface area (TPSA) is 46.9 Å². The third-order valence-corrected chi connectivity index (χ3v) is 3.16. The van der Waals surface area contributed by atoms with Crippen molar-refractivity contribution in [2.45, 2.75) is 26.7 Å². The van der Waals surface area contributed by atoms with Gasteiger partial charge in [0.15, 0.2) is 5.69 Å². The Bertz CT molecular complexity index is 607. The number of benzene rings is 1. The van der Waals surface area contributed by atoms with Crippen molar-refractivity contribution >= 4 is 5.91 Å². The van der Waals surface area contributed by atoms with E-state index in [9.17, 15) is 9.18 Å². The molecule has 0 spiro atoms. The molecule has 1 N–H and O–H groups in total. The molecule has 1 heterocycles. The minimum absolute atomic E-state index is 0.228. The number of halogens is 1. The first-order chi connectivity index (χ1) is 10.1. The van der Waals surface area contributed by atoms with Crippen molar-refractivity contribution in [3.8, 4) is 5.69 Å². The largest absolute Gasteiger partial charge is 0.351 e. The molecule has 0 bridgehead atoms. The van der Waals surface area contributed by atoms with Crippen molar-refractivity contribution in [1.82, 2.24) is 15.1 Å². The van der Waals surface area contributed by atoms with Crippen molar-refractivity contribution in [1.29, 1.82) is 0 Å². The highest BCUT2D eigenvalue weighted by atomic mass is 19.1. The highest BCUT2D eigenvalue weighted by molar-refractivity contribution is 5.92. The van der Waals surface area contributed by atoms with Gasteiger partial charge in [-0.05, 0) is 37.0 Å². The van der Waals surface area contributed by atoms with Crippen molar-refractivity contribution in [3.05, 3.63) is 48.0 Å². The van der Waals surface area contributed by atoms with Crippen LogP contribution in [-0.2, 0) is 0 Å². The van der Waals surface area contributed by atoms with Crippen LogP contribution < -0.4 is 5.32 Å². The van der Waals surface area contributed by atoms with Crippen LogP contribution in [0, 0.1) is 11.7 Å². The van der Waals surface area contributed by atoms with Crippen molar-refractivity contribution in [3.63, 3.8) is 0 Å². The molecule has 21 heavy (non-hydrogen) atoms. The van der Waals surface area contributed by atoms with Gasteiger partial charge in [0, 0.05) is 12.7 Å². The third-order valence-electron chi connectivity index (χ3n) is 3.16. The molecule has 0 atom stereocenters. The third kappa shape index (κ3) is 4.15. The van der Waals surface area contributed by atoms with E-state index in [1.165, 1.54) is 10.7 Å². The Balaban J connectivity index is 1.97. The second kappa shape index (κ2) is 7.02. The zero-order chi connectivity index (χ0) is 15.2. The van der Waals surface area contributed by atoms with Gasteiger partial charge in [0.25, 0.3) is 5.91 Å². The van der Waals surface area contributed by atoms with E-state index in [2.05, 4.69) is 24.3 Å². The maximum Gasteiger partial charge on any atom is 0.271 e. The standard InChI is InChI=1S/C16H20FN3O/c1-12(2)6-5-10-18-16(21)14-9-11-20(19-14)15-8-4-3-7-13(15)17/h3-4,7-9,11-12H,5-6,10H2,1-2H3,(H,18,21). The van der Waals surface area contributed by atoms with Crippen LogP contribution in [0.15, 0.2) is 36.5 Å². The lowest BCUT2D eigenvalue weighted by Crippen LogP contribution is -2.25. The minimum atomic E-state index is -0.371. The molecule has 0 unspecified atom stereocenters. The Hall–Kier alpha value is -2.17. The molecule has 0 aliphatic rings. The summed E-state index contributed by atoms with van der Waals surface area (Å²) >= 11 is 0. The van der Waals surface area contributed by atoms with Crippen LogP contribution in [0.4, 0.5) is 4.39 Å². The number of carbonyl (C=O) groups excluding carboxylic acids is 1. The summed E-state index contributed by atoms with van der Waals surface area (Å²) in [5.41, 5.74) is 0.624. The summed E-state index contributed by atoms with van der Waals surface area (Å²) in [6, 6.07) is 7.91. The van der Waals surface area contributed by atoms with E-state index in [0.29, 0.717) is 23.8 Å². The van der Waals surface area contributed by atoms with Gasteiger partial charge < -0.3 is 5.32 Å². The van der Waals surface area contributed by atoms with E-state index in [-0.39, 0.29) is 11.7 Å². The van der Waals surface area contributed by atoms with Gasteiger partial charge in [-0.3, -0.25) is 4.79 Å². The van der Waals surface area contributed by atoms with Crippen molar-refractivity contribution in [2.24, 2.45) is 5.92 Å². The number of aromatic nitrogens is 2. The first-order valence-electron chi connectivity index (χ1n) is 7.16. The number of hydrogen-bond acceptors (Lipinski definition) is 2. The first-order valence-corrected chi connectivity index (χ1v) is 7.16. The number of amides is 1. The normalized spacial score (nSPS) is 10.9. The number of nitrogens with zero attached hydrogens (tertiary/aromatic N) is 2. The molecule has 2 aromatic rings. The SMILES string of the molecule is CC(C)CCCNC(=O)c1ccn(-c2ccccc2F)n1. The molecular weight excluding hydrogens is 269 g/mol. The monoisotopic (exact) mass is 289 g/mol. The Morgan fingerprint density at radius 1 is 1.33 bits per heavy atom. The van der Waals surface area contributed by atoms with Gasteiger partial charge in [0.1, 0.15) is 11.5 Å². The zero-order valence-electron chi connectivity index (χ0n) is 12.3. The number of rotatable bonds is 6. The van der Waals surface area contributed by atoms with Gasteiger partial charge in [-0.15, -0.1) is 0 Å². The van der Waals surface area contributed by atoms with Crippen molar-refractivity contribution in [2.75, 3.05) is 6.54 Å². The summed E-state index contributed by atoms with van der Waals surface area (Å²) < 4.78 is 15.0. The number of carbonyl (C=O) groups is 1. The quantitative estimate of drug-likeness (QED) is 0.830. The summed E-state index contributed by atoms with van der Waals surface area (Å²) in [7, 11) is 0. The fourth-order valence-corrected chi connectivity index (χ4v) is 2.02. The van der Waals surface area contributed by atoms with Crippen LogP contribution in [-0.4, -0.2) is 22.2 Å². The summed E-state index contributed by atoms with van der Waals surface area (Å²) in [6.07, 6.45) is 3.60. The fraction of sp³-hybridized carbons (Fsp3) is 0.375. The lowest BCUT2D eigenvalue weighted by atomic mass is 10.1. The van der Waals surface area contributed by atoms with Gasteiger partial charge in [0.05, 0.1) is 0 Å². The van der Waals surface area contributed by atoms with Crippen LogP contribution in [0.5, 0.6) is 0 Å². The second-order valence-corrected chi connectivity index (χ2v) is 5.39. The number of nitrogens with one attached hydrogen (secondary N) is 1. The number of para-hydroxylation sites is 1. The average molecular weight is 289 g/mol. The van der Waals surface area contributed by atoms with Crippen molar-refractivity contribution < 1.29 is 9.18 Å². The molecule has 1 aromatic carbocycles. The molecule has 0 aliphatic carbocycles. The van der Waals surface area contributed by atoms with Gasteiger partial charge in [-0.1, -0.05) is 26.0 Å². The molecule has 1 amide bonds. The lowest BCUT2D eigenvalue weighted by Gasteiger charge is -2.05. The molecule has 1 aromatic heterocycles. The second-order valence-electron chi connectivity index (χ2n) is 5.39. The zero-order valence-corrected chi connectivity index (χ0v) is 12.3. The fourth-order valence-electron chi connectivity index (χ4n) is 2.02. The van der Waals surface area contributed by atoms with Crippen LogP contribution in [0.1, 0.15) is 37.2 Å². The maximum absolute atomic E-state index is 13.6. The minimum Gasteiger partial charge on any atom is -0.351 e. The van der Waals surface area contributed by atoms with Gasteiger partial charge in [0.2, 0.25) is 0 Å². The highest BCUT2D eigenvalue weighted by Gasteiger charge is 2.11. The summed E-state index contributed by atoms with van der Waals surface area (Å²) in [6.45, 7) is 4.93. The molecular formula is C16H20FN3O. The Morgan fingerprint density at radius 2 is 2.10 bits per heavy atom. The van der Waals surface area contributed by atoms with E-state index in [1.54, 1.807) is 30.5 Å². The van der Waals surface area contributed by atoms with Gasteiger partial charge >= 0.3 is 0 Å². The van der Waals surface area contributed by atoms with E-state index < -0.39 is 0 Å². The molecule has 4 nitrogen and oxygen atoms in total. The molecule has 0 fully saturated rings. The predicted octanol–water partition coefficient (Wildman–Crippen LogP) is 3.18. The summed E-state index contributed by atoms with van der Waals surface area (Å²) in [5.74, 6) is 0.0282. The Kier molecular flexibility index (Phi) is 5.09. The Morgan fingerprint density at radius 3 is 2.81 bits per heavy atom. The maximum atomic E-state index is 13.6. The lowest BCUT2D eigenvalue weighted by molar-refractivity contribution is 0.0947. The first kappa shape index (κ1) is 15.2. The van der Waals surface area contributed by atoms with Crippen LogP contribution >= 0.6 is 0 Å². The van der Waals surface area contributed by atoms with E-state index in [1.807, 2.05) is 0 Å². The molecule has 0 radical (unpaired) electrons.